The van der Waals surface area contributed by atoms with Gasteiger partial charge in [0.2, 0.25) is 0 Å². The summed E-state index contributed by atoms with van der Waals surface area (Å²) in [6, 6.07) is 11.9. The molecule has 0 atom stereocenters. The highest BCUT2D eigenvalue weighted by molar-refractivity contribution is 5.82. The molecule has 1 aromatic carbocycles. The van der Waals surface area contributed by atoms with Crippen LogP contribution in [0.1, 0.15) is 0 Å². The summed E-state index contributed by atoms with van der Waals surface area (Å²) >= 11 is 0. The van der Waals surface area contributed by atoms with Crippen LogP contribution in [-0.2, 0) is 0 Å². The number of pyridine rings is 2. The number of benzene rings is 1. The lowest BCUT2D eigenvalue weighted by atomic mass is 10.1. The van der Waals surface area contributed by atoms with Crippen molar-refractivity contribution in [2.45, 2.75) is 0 Å². The Labute approximate surface area is 97.8 Å². The summed E-state index contributed by atoms with van der Waals surface area (Å²) in [4.78, 5) is 8.38. The van der Waals surface area contributed by atoms with E-state index in [9.17, 15) is 4.39 Å². The topological polar surface area (TPSA) is 25.8 Å². The zero-order valence-corrected chi connectivity index (χ0v) is 8.89. The third kappa shape index (κ3) is 1.87. The molecule has 2 nitrogen and oxygen atoms in total. The van der Waals surface area contributed by atoms with Crippen LogP contribution in [0.15, 0.2) is 48.7 Å². The molecule has 0 aliphatic rings. The molecule has 3 rings (SSSR count). The summed E-state index contributed by atoms with van der Waals surface area (Å²) in [5.74, 6) is -0.266. The first-order chi connectivity index (χ1) is 8.33. The molecule has 3 heteroatoms. The molecule has 0 saturated carbocycles. The van der Waals surface area contributed by atoms with E-state index in [2.05, 4.69) is 16.2 Å². The number of hydrogen-bond acceptors (Lipinski definition) is 2. The molecule has 17 heavy (non-hydrogen) atoms. The van der Waals surface area contributed by atoms with Crippen LogP contribution in [0, 0.1) is 12.0 Å². The summed E-state index contributed by atoms with van der Waals surface area (Å²) in [6.45, 7) is 0. The van der Waals surface area contributed by atoms with Gasteiger partial charge in [0.05, 0.1) is 17.4 Å². The molecule has 2 heterocycles. The molecule has 81 valence electrons. The van der Waals surface area contributed by atoms with E-state index in [1.807, 2.05) is 24.3 Å². The van der Waals surface area contributed by atoms with Crippen LogP contribution in [0.3, 0.4) is 0 Å². The number of halogens is 1. The Morgan fingerprint density at radius 3 is 2.82 bits per heavy atom. The molecule has 0 aliphatic carbocycles. The molecule has 0 N–H and O–H groups in total. The quantitative estimate of drug-likeness (QED) is 0.633. The molecule has 1 radical (unpaired) electrons. The Hall–Kier alpha value is -2.29. The van der Waals surface area contributed by atoms with Crippen LogP contribution in [-0.4, -0.2) is 9.97 Å². The van der Waals surface area contributed by atoms with Crippen LogP contribution < -0.4 is 0 Å². The summed E-state index contributed by atoms with van der Waals surface area (Å²) in [5.41, 5.74) is 2.28. The van der Waals surface area contributed by atoms with Gasteiger partial charge in [-0.2, -0.15) is 0 Å². The smallest absolute Gasteiger partial charge is 0.123 e. The van der Waals surface area contributed by atoms with Crippen molar-refractivity contribution >= 4 is 10.9 Å². The Kier molecular flexibility index (Phi) is 2.29. The number of fused-ring (bicyclic) bond motifs is 1. The maximum atomic E-state index is 13.1. The van der Waals surface area contributed by atoms with E-state index >= 15 is 0 Å². The van der Waals surface area contributed by atoms with Gasteiger partial charge in [0.15, 0.2) is 0 Å². The van der Waals surface area contributed by atoms with E-state index in [-0.39, 0.29) is 5.82 Å². The maximum Gasteiger partial charge on any atom is 0.123 e. The molecule has 0 unspecified atom stereocenters. The van der Waals surface area contributed by atoms with Gasteiger partial charge in [-0.1, -0.05) is 6.07 Å². The molecule has 0 fully saturated rings. The van der Waals surface area contributed by atoms with Crippen LogP contribution in [0.4, 0.5) is 4.39 Å². The lowest BCUT2D eigenvalue weighted by Crippen LogP contribution is -1.86. The Morgan fingerprint density at radius 1 is 1.06 bits per heavy atom. The van der Waals surface area contributed by atoms with Crippen molar-refractivity contribution in [3.8, 4) is 11.3 Å². The van der Waals surface area contributed by atoms with Gasteiger partial charge < -0.3 is 0 Å². The van der Waals surface area contributed by atoms with Crippen molar-refractivity contribution in [3.05, 3.63) is 60.7 Å². The SMILES string of the molecule is Fc1ccc2n[c]c(-c3ccccn3)cc2c1. The molecular formula is C14H8FN2. The van der Waals surface area contributed by atoms with E-state index in [1.165, 1.54) is 12.1 Å². The van der Waals surface area contributed by atoms with E-state index in [0.717, 1.165) is 22.2 Å². The van der Waals surface area contributed by atoms with Crippen molar-refractivity contribution in [2.75, 3.05) is 0 Å². The monoisotopic (exact) mass is 223 g/mol. The van der Waals surface area contributed by atoms with E-state index < -0.39 is 0 Å². The first-order valence-electron chi connectivity index (χ1n) is 5.22. The zero-order valence-electron chi connectivity index (χ0n) is 8.89. The predicted molar refractivity (Wildman–Crippen MR) is 63.8 cm³/mol. The lowest BCUT2D eigenvalue weighted by Gasteiger charge is -2.01. The van der Waals surface area contributed by atoms with Gasteiger partial charge in [-0.3, -0.25) is 4.98 Å². The second-order valence-electron chi connectivity index (χ2n) is 3.70. The minimum atomic E-state index is -0.266. The summed E-state index contributed by atoms with van der Waals surface area (Å²) in [5, 5.41) is 0.754. The summed E-state index contributed by atoms with van der Waals surface area (Å²) < 4.78 is 13.1. The van der Waals surface area contributed by atoms with Crippen LogP contribution >= 0.6 is 0 Å². The first-order valence-corrected chi connectivity index (χ1v) is 5.22. The molecule has 3 aromatic rings. The fraction of sp³-hybridized carbons (Fsp3) is 0. The molecule has 0 amide bonds. The average Bonchev–Trinajstić information content (AvgIpc) is 2.39. The minimum absolute atomic E-state index is 0.266. The number of hydrogen-bond donors (Lipinski definition) is 0. The van der Waals surface area contributed by atoms with Crippen molar-refractivity contribution in [2.24, 2.45) is 0 Å². The largest absolute Gasteiger partial charge is 0.256 e. The molecule has 0 aliphatic heterocycles. The summed E-state index contributed by atoms with van der Waals surface area (Å²) in [6.07, 6.45) is 4.62. The fourth-order valence-electron chi connectivity index (χ4n) is 1.70. The van der Waals surface area contributed by atoms with Gasteiger partial charge in [0.1, 0.15) is 5.82 Å². The standard InChI is InChI=1S/C14H8FN2/c15-12-4-5-14-10(8-12)7-11(9-17-14)13-3-1-2-6-16-13/h1-8H. The fourth-order valence-corrected chi connectivity index (χ4v) is 1.70. The van der Waals surface area contributed by atoms with Gasteiger partial charge in [-0.15, -0.1) is 0 Å². The highest BCUT2D eigenvalue weighted by Crippen LogP contribution is 2.20. The molecule has 0 spiro atoms. The van der Waals surface area contributed by atoms with E-state index in [1.54, 1.807) is 12.3 Å². The Morgan fingerprint density at radius 2 is 2.00 bits per heavy atom. The second-order valence-corrected chi connectivity index (χ2v) is 3.70. The van der Waals surface area contributed by atoms with E-state index in [4.69, 9.17) is 0 Å². The zero-order chi connectivity index (χ0) is 11.7. The second kappa shape index (κ2) is 3.94. The third-order valence-electron chi connectivity index (χ3n) is 2.53. The van der Waals surface area contributed by atoms with Crippen molar-refractivity contribution in [1.29, 1.82) is 0 Å². The van der Waals surface area contributed by atoms with Gasteiger partial charge in [0, 0.05) is 17.1 Å². The van der Waals surface area contributed by atoms with Crippen molar-refractivity contribution < 1.29 is 4.39 Å². The average molecular weight is 223 g/mol. The first kappa shape index (κ1) is 9.90. The highest BCUT2D eigenvalue weighted by atomic mass is 19.1. The number of rotatable bonds is 1. The van der Waals surface area contributed by atoms with Gasteiger partial charge in [-0.25, -0.2) is 9.37 Å². The van der Waals surface area contributed by atoms with Gasteiger partial charge in [-0.05, 0) is 36.4 Å². The lowest BCUT2D eigenvalue weighted by molar-refractivity contribution is 0.629. The summed E-state index contributed by atoms with van der Waals surface area (Å²) in [7, 11) is 0. The number of nitrogens with zero attached hydrogens (tertiary/aromatic N) is 2. The van der Waals surface area contributed by atoms with Gasteiger partial charge >= 0.3 is 0 Å². The van der Waals surface area contributed by atoms with E-state index in [0.29, 0.717) is 0 Å². The normalized spacial score (nSPS) is 10.6. The Balaban J connectivity index is 2.19. The Bertz CT molecular complexity index is 665. The molecule has 0 saturated heterocycles. The van der Waals surface area contributed by atoms with Crippen LogP contribution in [0.2, 0.25) is 0 Å². The third-order valence-corrected chi connectivity index (χ3v) is 2.53. The van der Waals surface area contributed by atoms with Crippen LogP contribution in [0.25, 0.3) is 22.2 Å². The maximum absolute atomic E-state index is 13.1. The van der Waals surface area contributed by atoms with Crippen LogP contribution in [0.5, 0.6) is 0 Å². The number of aromatic nitrogens is 2. The molecule has 2 aromatic heterocycles. The minimum Gasteiger partial charge on any atom is -0.256 e. The molecule has 0 bridgehead atoms. The molecular weight excluding hydrogens is 215 g/mol. The highest BCUT2D eigenvalue weighted by Gasteiger charge is 2.02. The van der Waals surface area contributed by atoms with Crippen molar-refractivity contribution in [3.63, 3.8) is 0 Å². The van der Waals surface area contributed by atoms with Gasteiger partial charge in [0.25, 0.3) is 0 Å². The van der Waals surface area contributed by atoms with Crippen molar-refractivity contribution in [1.82, 2.24) is 9.97 Å². The predicted octanol–water partition coefficient (Wildman–Crippen LogP) is 3.24.